The lowest BCUT2D eigenvalue weighted by atomic mass is 10.1. The summed E-state index contributed by atoms with van der Waals surface area (Å²) in [6, 6.07) is 15.5. The number of hydrogen-bond donors (Lipinski definition) is 1. The molecule has 0 saturated carbocycles. The van der Waals surface area contributed by atoms with Crippen LogP contribution in [0.4, 0.5) is 0 Å². The van der Waals surface area contributed by atoms with Gasteiger partial charge in [-0.15, -0.1) is 0 Å². The first kappa shape index (κ1) is 16.1. The number of oxazole rings is 1. The summed E-state index contributed by atoms with van der Waals surface area (Å²) in [5, 5.41) is 4.64. The molecule has 0 bridgehead atoms. The Bertz CT molecular complexity index is 787. The van der Waals surface area contributed by atoms with Crippen molar-refractivity contribution in [2.75, 3.05) is 0 Å². The Hall–Kier alpha value is -1.81. The van der Waals surface area contributed by atoms with Gasteiger partial charge in [0.1, 0.15) is 0 Å². The molecule has 0 spiro atoms. The molecule has 0 unspecified atom stereocenters. The van der Waals surface area contributed by atoms with Crippen LogP contribution in [0.5, 0.6) is 0 Å². The van der Waals surface area contributed by atoms with E-state index in [2.05, 4.69) is 10.3 Å². The zero-order chi connectivity index (χ0) is 16.2. The molecule has 118 valence electrons. The molecule has 0 amide bonds. The summed E-state index contributed by atoms with van der Waals surface area (Å²) in [5.41, 5.74) is 2.01. The zero-order valence-electron chi connectivity index (χ0n) is 12.6. The number of benzene rings is 2. The van der Waals surface area contributed by atoms with E-state index in [0.29, 0.717) is 22.5 Å². The Morgan fingerprint density at radius 2 is 1.91 bits per heavy atom. The first-order valence-corrected chi connectivity index (χ1v) is 8.07. The SMILES string of the molecule is C[C@H](NCc1ncc(-c2ccccc2)o1)c1ccc(Cl)cc1Cl. The Balaban J connectivity index is 1.65. The van der Waals surface area contributed by atoms with Crippen LogP contribution < -0.4 is 5.32 Å². The number of aromatic nitrogens is 1. The Morgan fingerprint density at radius 3 is 2.65 bits per heavy atom. The highest BCUT2D eigenvalue weighted by Gasteiger charge is 2.12. The summed E-state index contributed by atoms with van der Waals surface area (Å²) in [5.74, 6) is 1.40. The molecule has 23 heavy (non-hydrogen) atoms. The van der Waals surface area contributed by atoms with Crippen LogP contribution in [0.1, 0.15) is 24.4 Å². The van der Waals surface area contributed by atoms with E-state index in [1.54, 1.807) is 12.3 Å². The van der Waals surface area contributed by atoms with Crippen LogP contribution in [0.2, 0.25) is 10.0 Å². The third kappa shape index (κ3) is 3.94. The molecule has 5 heteroatoms. The van der Waals surface area contributed by atoms with E-state index < -0.39 is 0 Å². The van der Waals surface area contributed by atoms with E-state index in [0.717, 1.165) is 16.9 Å². The molecule has 3 aromatic rings. The topological polar surface area (TPSA) is 38.1 Å². The third-order valence-corrected chi connectivity index (χ3v) is 4.16. The maximum atomic E-state index is 6.23. The second-order valence-corrected chi connectivity index (χ2v) is 6.10. The average molecular weight is 347 g/mol. The van der Waals surface area contributed by atoms with Gasteiger partial charge < -0.3 is 9.73 Å². The molecule has 0 fully saturated rings. The van der Waals surface area contributed by atoms with Crippen molar-refractivity contribution in [2.45, 2.75) is 19.5 Å². The predicted octanol–water partition coefficient (Wildman–Crippen LogP) is 5.50. The van der Waals surface area contributed by atoms with Crippen LogP contribution in [-0.4, -0.2) is 4.98 Å². The molecule has 0 saturated heterocycles. The van der Waals surface area contributed by atoms with Crippen molar-refractivity contribution >= 4 is 23.2 Å². The fourth-order valence-electron chi connectivity index (χ4n) is 2.33. The molecule has 1 atom stereocenters. The lowest BCUT2D eigenvalue weighted by Crippen LogP contribution is -2.18. The Morgan fingerprint density at radius 1 is 1.13 bits per heavy atom. The quantitative estimate of drug-likeness (QED) is 0.662. The smallest absolute Gasteiger partial charge is 0.208 e. The van der Waals surface area contributed by atoms with Crippen molar-refractivity contribution in [1.29, 1.82) is 0 Å². The molecule has 0 radical (unpaired) electrons. The summed E-state index contributed by atoms with van der Waals surface area (Å²) < 4.78 is 5.78. The average Bonchev–Trinajstić information content (AvgIpc) is 3.02. The first-order chi connectivity index (χ1) is 11.1. The van der Waals surface area contributed by atoms with Gasteiger partial charge in [-0.2, -0.15) is 0 Å². The van der Waals surface area contributed by atoms with Gasteiger partial charge in [-0.3, -0.25) is 0 Å². The largest absolute Gasteiger partial charge is 0.439 e. The number of halogens is 2. The zero-order valence-corrected chi connectivity index (χ0v) is 14.1. The van der Waals surface area contributed by atoms with Gasteiger partial charge in [-0.05, 0) is 24.6 Å². The van der Waals surface area contributed by atoms with Crippen molar-refractivity contribution < 1.29 is 4.42 Å². The number of nitrogens with one attached hydrogen (secondary N) is 1. The van der Waals surface area contributed by atoms with Crippen LogP contribution in [0.25, 0.3) is 11.3 Å². The van der Waals surface area contributed by atoms with E-state index in [-0.39, 0.29) is 6.04 Å². The molecule has 3 rings (SSSR count). The monoisotopic (exact) mass is 346 g/mol. The van der Waals surface area contributed by atoms with Gasteiger partial charge in [-0.25, -0.2) is 4.98 Å². The highest BCUT2D eigenvalue weighted by Crippen LogP contribution is 2.26. The van der Waals surface area contributed by atoms with Crippen LogP contribution >= 0.6 is 23.2 Å². The number of rotatable bonds is 5. The van der Waals surface area contributed by atoms with Gasteiger partial charge in [0.25, 0.3) is 0 Å². The minimum absolute atomic E-state index is 0.0619. The summed E-state index contributed by atoms with van der Waals surface area (Å²) in [6.45, 7) is 2.56. The number of nitrogens with zero attached hydrogens (tertiary/aromatic N) is 1. The van der Waals surface area contributed by atoms with Crippen LogP contribution in [0.3, 0.4) is 0 Å². The minimum Gasteiger partial charge on any atom is -0.439 e. The predicted molar refractivity (Wildman–Crippen MR) is 93.7 cm³/mol. The summed E-state index contributed by atoms with van der Waals surface area (Å²) >= 11 is 12.2. The van der Waals surface area contributed by atoms with Gasteiger partial charge in [0.2, 0.25) is 5.89 Å². The molecule has 1 heterocycles. The summed E-state index contributed by atoms with van der Waals surface area (Å²) in [6.07, 6.45) is 1.74. The van der Waals surface area contributed by atoms with Crippen molar-refractivity contribution in [3.8, 4) is 11.3 Å². The van der Waals surface area contributed by atoms with Gasteiger partial charge in [0.15, 0.2) is 5.76 Å². The molecule has 3 nitrogen and oxygen atoms in total. The fraction of sp³-hybridized carbons (Fsp3) is 0.167. The second kappa shape index (κ2) is 7.18. The summed E-state index contributed by atoms with van der Waals surface area (Å²) in [4.78, 5) is 4.31. The summed E-state index contributed by atoms with van der Waals surface area (Å²) in [7, 11) is 0. The third-order valence-electron chi connectivity index (χ3n) is 3.60. The normalized spacial score (nSPS) is 12.3. The van der Waals surface area contributed by atoms with Crippen LogP contribution in [0, 0.1) is 0 Å². The minimum atomic E-state index is 0.0619. The second-order valence-electron chi connectivity index (χ2n) is 5.25. The van der Waals surface area contributed by atoms with E-state index in [9.17, 15) is 0 Å². The molecule has 1 N–H and O–H groups in total. The van der Waals surface area contributed by atoms with Crippen molar-refractivity contribution in [3.63, 3.8) is 0 Å². The van der Waals surface area contributed by atoms with E-state index in [4.69, 9.17) is 27.6 Å². The van der Waals surface area contributed by atoms with E-state index in [1.807, 2.05) is 49.4 Å². The van der Waals surface area contributed by atoms with E-state index in [1.165, 1.54) is 0 Å². The maximum Gasteiger partial charge on any atom is 0.208 e. The highest BCUT2D eigenvalue weighted by molar-refractivity contribution is 6.35. The van der Waals surface area contributed by atoms with Crippen molar-refractivity contribution in [1.82, 2.24) is 10.3 Å². The molecule has 2 aromatic carbocycles. The van der Waals surface area contributed by atoms with Crippen LogP contribution in [0.15, 0.2) is 59.1 Å². The standard InChI is InChI=1S/C18H16Cl2N2O/c1-12(15-8-7-14(19)9-16(15)20)21-11-18-22-10-17(23-18)13-5-3-2-4-6-13/h2-10,12,21H,11H2,1H3/t12-/m0/s1. The molecule has 1 aromatic heterocycles. The lowest BCUT2D eigenvalue weighted by Gasteiger charge is -2.14. The molecule has 0 aliphatic heterocycles. The van der Waals surface area contributed by atoms with E-state index >= 15 is 0 Å². The van der Waals surface area contributed by atoms with Gasteiger partial charge in [-0.1, -0.05) is 59.6 Å². The van der Waals surface area contributed by atoms with Gasteiger partial charge in [0.05, 0.1) is 12.7 Å². The first-order valence-electron chi connectivity index (χ1n) is 7.32. The Labute approximate surface area is 145 Å². The molecule has 0 aliphatic carbocycles. The van der Waals surface area contributed by atoms with Crippen molar-refractivity contribution in [3.05, 3.63) is 76.2 Å². The van der Waals surface area contributed by atoms with Gasteiger partial charge in [0, 0.05) is 21.7 Å². The lowest BCUT2D eigenvalue weighted by molar-refractivity contribution is 0.454. The molecule has 0 aliphatic rings. The molecular formula is C18H16Cl2N2O. The Kier molecular flexibility index (Phi) is 5.01. The van der Waals surface area contributed by atoms with Crippen LogP contribution in [-0.2, 0) is 6.54 Å². The number of hydrogen-bond acceptors (Lipinski definition) is 3. The maximum absolute atomic E-state index is 6.23. The van der Waals surface area contributed by atoms with Crippen molar-refractivity contribution in [2.24, 2.45) is 0 Å². The highest BCUT2D eigenvalue weighted by atomic mass is 35.5. The fourth-order valence-corrected chi connectivity index (χ4v) is 2.90. The van der Waals surface area contributed by atoms with Gasteiger partial charge >= 0.3 is 0 Å². The molecular weight excluding hydrogens is 331 g/mol.